The van der Waals surface area contributed by atoms with Gasteiger partial charge in [-0.25, -0.2) is 4.79 Å². The van der Waals surface area contributed by atoms with Gasteiger partial charge in [0.1, 0.15) is 0 Å². The molecule has 18 heavy (non-hydrogen) atoms. The average molecular weight is 248 g/mol. The topological polar surface area (TPSA) is 67.4 Å². The molecule has 0 aliphatic carbocycles. The van der Waals surface area contributed by atoms with E-state index in [2.05, 4.69) is 15.4 Å². The zero-order chi connectivity index (χ0) is 13.0. The van der Waals surface area contributed by atoms with Crippen LogP contribution in [0.2, 0.25) is 0 Å². The fourth-order valence-electron chi connectivity index (χ4n) is 1.81. The molecule has 1 aliphatic rings. The number of rotatable bonds is 4. The van der Waals surface area contributed by atoms with Crippen molar-refractivity contribution in [2.75, 3.05) is 25.5 Å². The Morgan fingerprint density at radius 1 is 1.44 bits per heavy atom. The minimum Gasteiger partial charge on any atom is -0.465 e. The second-order valence-electron chi connectivity index (χ2n) is 4.35. The van der Waals surface area contributed by atoms with Crippen LogP contribution in [0.3, 0.4) is 0 Å². The van der Waals surface area contributed by atoms with Crippen molar-refractivity contribution < 1.29 is 14.3 Å². The number of anilines is 1. The Morgan fingerprint density at radius 3 is 2.83 bits per heavy atom. The number of ether oxygens (including phenoxy) is 1. The average Bonchev–Trinajstić information content (AvgIpc) is 2.33. The van der Waals surface area contributed by atoms with Crippen LogP contribution in [0.15, 0.2) is 24.3 Å². The molecule has 2 rings (SSSR count). The molecule has 2 N–H and O–H groups in total. The van der Waals surface area contributed by atoms with E-state index >= 15 is 0 Å². The Kier molecular flexibility index (Phi) is 3.94. The van der Waals surface area contributed by atoms with Gasteiger partial charge in [-0.1, -0.05) is 6.07 Å². The fourth-order valence-corrected chi connectivity index (χ4v) is 1.81. The first-order valence-electron chi connectivity index (χ1n) is 5.88. The number of hydrogen-bond donors (Lipinski definition) is 2. The van der Waals surface area contributed by atoms with Gasteiger partial charge in [0.25, 0.3) is 0 Å². The number of methoxy groups -OCH3 is 1. The number of esters is 1. The summed E-state index contributed by atoms with van der Waals surface area (Å²) < 4.78 is 4.63. The quantitative estimate of drug-likeness (QED) is 0.781. The van der Waals surface area contributed by atoms with Crippen LogP contribution in [0.5, 0.6) is 0 Å². The summed E-state index contributed by atoms with van der Waals surface area (Å²) in [5, 5.41) is 5.91. The lowest BCUT2D eigenvalue weighted by molar-refractivity contribution is -0.117. The monoisotopic (exact) mass is 248 g/mol. The molecule has 0 saturated carbocycles. The molecule has 0 radical (unpaired) electrons. The summed E-state index contributed by atoms with van der Waals surface area (Å²) >= 11 is 0. The van der Waals surface area contributed by atoms with Gasteiger partial charge in [0, 0.05) is 12.1 Å². The summed E-state index contributed by atoms with van der Waals surface area (Å²) in [6.07, 6.45) is 0.509. The van der Waals surface area contributed by atoms with Crippen molar-refractivity contribution in [2.24, 2.45) is 5.92 Å². The second-order valence-corrected chi connectivity index (χ2v) is 4.35. The van der Waals surface area contributed by atoms with E-state index in [1.165, 1.54) is 7.11 Å². The van der Waals surface area contributed by atoms with Gasteiger partial charge in [0.05, 0.1) is 12.7 Å². The standard InChI is InChI=1S/C13H16N2O3/c1-18-13(17)10-3-2-4-11(6-10)15-12(16)5-9-7-14-8-9/h2-4,6,9,14H,5,7-8H2,1H3,(H,15,16). The number of hydrogen-bond acceptors (Lipinski definition) is 4. The van der Waals surface area contributed by atoms with E-state index in [1.807, 2.05) is 0 Å². The normalized spacial score (nSPS) is 14.7. The molecule has 1 aliphatic heterocycles. The molecule has 1 fully saturated rings. The minimum absolute atomic E-state index is 0.0245. The highest BCUT2D eigenvalue weighted by Gasteiger charge is 2.20. The summed E-state index contributed by atoms with van der Waals surface area (Å²) in [7, 11) is 1.33. The number of amides is 1. The van der Waals surface area contributed by atoms with Crippen molar-refractivity contribution in [3.8, 4) is 0 Å². The third-order valence-electron chi connectivity index (χ3n) is 2.91. The zero-order valence-electron chi connectivity index (χ0n) is 10.2. The highest BCUT2D eigenvalue weighted by Crippen LogP contribution is 2.14. The molecule has 0 spiro atoms. The van der Waals surface area contributed by atoms with Gasteiger partial charge in [-0.15, -0.1) is 0 Å². The van der Waals surface area contributed by atoms with E-state index < -0.39 is 5.97 Å². The van der Waals surface area contributed by atoms with Crippen molar-refractivity contribution in [2.45, 2.75) is 6.42 Å². The van der Waals surface area contributed by atoms with Crippen LogP contribution in [-0.4, -0.2) is 32.1 Å². The van der Waals surface area contributed by atoms with E-state index in [4.69, 9.17) is 0 Å². The lowest BCUT2D eigenvalue weighted by atomic mass is 9.99. The van der Waals surface area contributed by atoms with E-state index in [0.717, 1.165) is 13.1 Å². The summed E-state index contributed by atoms with van der Waals surface area (Å²) in [5.41, 5.74) is 1.05. The van der Waals surface area contributed by atoms with Gasteiger partial charge in [-0.05, 0) is 37.2 Å². The Labute approximate surface area is 106 Å². The van der Waals surface area contributed by atoms with Crippen LogP contribution < -0.4 is 10.6 Å². The third-order valence-corrected chi connectivity index (χ3v) is 2.91. The number of benzene rings is 1. The maximum atomic E-state index is 11.7. The SMILES string of the molecule is COC(=O)c1cccc(NC(=O)CC2CNC2)c1. The largest absolute Gasteiger partial charge is 0.465 e. The molecule has 5 heteroatoms. The molecular formula is C13H16N2O3. The smallest absolute Gasteiger partial charge is 0.337 e. The Morgan fingerprint density at radius 2 is 2.22 bits per heavy atom. The number of carbonyl (C=O) groups excluding carboxylic acids is 2. The molecule has 5 nitrogen and oxygen atoms in total. The summed E-state index contributed by atoms with van der Waals surface area (Å²) in [5.74, 6) is -0.00778. The van der Waals surface area contributed by atoms with Gasteiger partial charge < -0.3 is 15.4 Å². The molecule has 0 unspecified atom stereocenters. The molecule has 1 aromatic rings. The van der Waals surface area contributed by atoms with Crippen LogP contribution in [0, 0.1) is 5.92 Å². The van der Waals surface area contributed by atoms with Crippen molar-refractivity contribution >= 4 is 17.6 Å². The first-order valence-corrected chi connectivity index (χ1v) is 5.88. The molecule has 0 aromatic heterocycles. The molecular weight excluding hydrogens is 232 g/mol. The summed E-state index contributed by atoms with van der Waals surface area (Å²) in [4.78, 5) is 23.1. The van der Waals surface area contributed by atoms with Crippen molar-refractivity contribution in [1.82, 2.24) is 5.32 Å². The van der Waals surface area contributed by atoms with E-state index in [1.54, 1.807) is 24.3 Å². The highest BCUT2D eigenvalue weighted by atomic mass is 16.5. The Hall–Kier alpha value is -1.88. The zero-order valence-corrected chi connectivity index (χ0v) is 10.2. The predicted octanol–water partition coefficient (Wildman–Crippen LogP) is 1.02. The Bertz CT molecular complexity index is 455. The first-order chi connectivity index (χ1) is 8.69. The van der Waals surface area contributed by atoms with Crippen LogP contribution in [-0.2, 0) is 9.53 Å². The first kappa shape index (κ1) is 12.6. The lowest BCUT2D eigenvalue weighted by Gasteiger charge is -2.26. The minimum atomic E-state index is -0.408. The van der Waals surface area contributed by atoms with Gasteiger partial charge in [-0.3, -0.25) is 4.79 Å². The van der Waals surface area contributed by atoms with E-state index in [9.17, 15) is 9.59 Å². The molecule has 1 amide bonds. The molecule has 1 heterocycles. The van der Waals surface area contributed by atoms with Crippen molar-refractivity contribution in [3.63, 3.8) is 0 Å². The highest BCUT2D eigenvalue weighted by molar-refractivity contribution is 5.94. The molecule has 1 aromatic carbocycles. The van der Waals surface area contributed by atoms with Crippen LogP contribution >= 0.6 is 0 Å². The van der Waals surface area contributed by atoms with Gasteiger partial charge in [-0.2, -0.15) is 0 Å². The Balaban J connectivity index is 1.95. The van der Waals surface area contributed by atoms with E-state index in [0.29, 0.717) is 23.6 Å². The number of carbonyl (C=O) groups is 2. The van der Waals surface area contributed by atoms with Crippen molar-refractivity contribution in [1.29, 1.82) is 0 Å². The fraction of sp³-hybridized carbons (Fsp3) is 0.385. The van der Waals surface area contributed by atoms with Gasteiger partial charge in [0.15, 0.2) is 0 Å². The van der Waals surface area contributed by atoms with Crippen LogP contribution in [0.4, 0.5) is 5.69 Å². The molecule has 0 bridgehead atoms. The van der Waals surface area contributed by atoms with Gasteiger partial charge >= 0.3 is 5.97 Å². The third kappa shape index (κ3) is 3.07. The van der Waals surface area contributed by atoms with Crippen LogP contribution in [0.1, 0.15) is 16.8 Å². The summed E-state index contributed by atoms with van der Waals surface area (Å²) in [6.45, 7) is 1.80. The maximum absolute atomic E-state index is 11.7. The van der Waals surface area contributed by atoms with Gasteiger partial charge in [0.2, 0.25) is 5.91 Å². The second kappa shape index (κ2) is 5.64. The molecule has 1 saturated heterocycles. The lowest BCUT2D eigenvalue weighted by Crippen LogP contribution is -2.43. The summed E-state index contributed by atoms with van der Waals surface area (Å²) in [6, 6.07) is 6.73. The molecule has 96 valence electrons. The van der Waals surface area contributed by atoms with Crippen molar-refractivity contribution in [3.05, 3.63) is 29.8 Å². The van der Waals surface area contributed by atoms with Crippen LogP contribution in [0.25, 0.3) is 0 Å². The maximum Gasteiger partial charge on any atom is 0.337 e. The number of nitrogens with one attached hydrogen (secondary N) is 2. The van der Waals surface area contributed by atoms with E-state index in [-0.39, 0.29) is 5.91 Å². The molecule has 0 atom stereocenters. The predicted molar refractivity (Wildman–Crippen MR) is 67.4 cm³/mol.